The van der Waals surface area contributed by atoms with Gasteiger partial charge in [0.05, 0.1) is 23.4 Å². The van der Waals surface area contributed by atoms with Crippen LogP contribution in [0, 0.1) is 5.82 Å². The van der Waals surface area contributed by atoms with E-state index in [1.807, 2.05) is 0 Å². The minimum Gasteiger partial charge on any atom is -0.380 e. The summed E-state index contributed by atoms with van der Waals surface area (Å²) in [6, 6.07) is 9.32. The molecule has 0 aliphatic carbocycles. The van der Waals surface area contributed by atoms with Gasteiger partial charge in [-0.2, -0.15) is 0 Å². The molecule has 1 aliphatic heterocycles. The van der Waals surface area contributed by atoms with E-state index in [0.29, 0.717) is 17.7 Å². The molecule has 8 heteroatoms. The van der Waals surface area contributed by atoms with Gasteiger partial charge in [0.1, 0.15) is 11.5 Å². The summed E-state index contributed by atoms with van der Waals surface area (Å²) in [5, 5.41) is 5.72. The van der Waals surface area contributed by atoms with Gasteiger partial charge in [-0.25, -0.2) is 17.8 Å². The number of hydrogen-bond donors (Lipinski definition) is 2. The molecule has 1 aromatic carbocycles. The zero-order chi connectivity index (χ0) is 17.9. The Morgan fingerprint density at radius 3 is 2.68 bits per heavy atom. The van der Waals surface area contributed by atoms with Crippen LogP contribution in [0.2, 0.25) is 0 Å². The molecule has 1 atom stereocenters. The van der Waals surface area contributed by atoms with Crippen molar-refractivity contribution in [2.75, 3.05) is 16.8 Å². The summed E-state index contributed by atoms with van der Waals surface area (Å²) in [5.41, 5.74) is 1.27. The molecule has 2 heterocycles. The van der Waals surface area contributed by atoms with Gasteiger partial charge in [-0.15, -0.1) is 0 Å². The van der Waals surface area contributed by atoms with E-state index in [2.05, 4.69) is 15.6 Å². The van der Waals surface area contributed by atoms with Crippen LogP contribution in [-0.2, 0) is 16.4 Å². The number of carbonyl (C=O) groups excluding carboxylic acids is 1. The van der Waals surface area contributed by atoms with Crippen LogP contribution in [-0.4, -0.2) is 36.9 Å². The third-order valence-electron chi connectivity index (χ3n) is 4.00. The molecule has 2 aromatic rings. The van der Waals surface area contributed by atoms with E-state index in [-0.39, 0.29) is 35.6 Å². The van der Waals surface area contributed by atoms with Crippen LogP contribution in [0.3, 0.4) is 0 Å². The molecule has 1 aromatic heterocycles. The summed E-state index contributed by atoms with van der Waals surface area (Å²) in [5.74, 6) is -0.480. The summed E-state index contributed by atoms with van der Waals surface area (Å²) >= 11 is 0. The topological polar surface area (TPSA) is 88.2 Å². The van der Waals surface area contributed by atoms with Crippen molar-refractivity contribution in [3.05, 3.63) is 59.7 Å². The second kappa shape index (κ2) is 7.18. The van der Waals surface area contributed by atoms with Crippen LogP contribution in [0.4, 0.5) is 10.1 Å². The van der Waals surface area contributed by atoms with Crippen LogP contribution < -0.4 is 10.6 Å². The van der Waals surface area contributed by atoms with E-state index in [4.69, 9.17) is 0 Å². The number of hydrogen-bond acceptors (Lipinski definition) is 5. The largest absolute Gasteiger partial charge is 0.380 e. The SMILES string of the molecule is O=C(NCc1ccccc1F)c1ccc(NC2CCS(=O)(=O)C2)cn1. The molecule has 1 amide bonds. The van der Waals surface area contributed by atoms with Gasteiger partial charge in [-0.3, -0.25) is 4.79 Å². The molecule has 1 aliphatic rings. The highest BCUT2D eigenvalue weighted by Gasteiger charge is 2.27. The van der Waals surface area contributed by atoms with Crippen LogP contribution in [0.15, 0.2) is 42.6 Å². The quantitative estimate of drug-likeness (QED) is 0.845. The minimum absolute atomic E-state index is 0.0765. The maximum absolute atomic E-state index is 13.5. The van der Waals surface area contributed by atoms with Crippen molar-refractivity contribution in [2.24, 2.45) is 0 Å². The molecule has 2 N–H and O–H groups in total. The van der Waals surface area contributed by atoms with Crippen molar-refractivity contribution in [1.82, 2.24) is 10.3 Å². The van der Waals surface area contributed by atoms with Gasteiger partial charge in [-0.1, -0.05) is 18.2 Å². The van der Waals surface area contributed by atoms with Crippen molar-refractivity contribution < 1.29 is 17.6 Å². The lowest BCUT2D eigenvalue weighted by Crippen LogP contribution is -2.24. The molecule has 0 radical (unpaired) electrons. The average Bonchev–Trinajstić information content (AvgIpc) is 2.93. The first kappa shape index (κ1) is 17.3. The number of anilines is 1. The van der Waals surface area contributed by atoms with E-state index in [1.54, 1.807) is 30.3 Å². The third-order valence-corrected chi connectivity index (χ3v) is 5.76. The fourth-order valence-corrected chi connectivity index (χ4v) is 4.34. The number of nitrogens with zero attached hydrogens (tertiary/aromatic N) is 1. The van der Waals surface area contributed by atoms with Crippen molar-refractivity contribution >= 4 is 21.4 Å². The maximum Gasteiger partial charge on any atom is 0.270 e. The second-order valence-corrected chi connectivity index (χ2v) is 8.18. The zero-order valence-electron chi connectivity index (χ0n) is 13.4. The van der Waals surface area contributed by atoms with Crippen molar-refractivity contribution in [3.8, 4) is 0 Å². The van der Waals surface area contributed by atoms with E-state index in [0.717, 1.165) is 0 Å². The molecule has 0 saturated carbocycles. The van der Waals surface area contributed by atoms with Gasteiger partial charge in [0.25, 0.3) is 5.91 Å². The number of pyridine rings is 1. The number of aromatic nitrogens is 1. The molecular weight excluding hydrogens is 345 g/mol. The van der Waals surface area contributed by atoms with Crippen LogP contribution in [0.5, 0.6) is 0 Å². The lowest BCUT2D eigenvalue weighted by Gasteiger charge is -2.12. The van der Waals surface area contributed by atoms with Crippen LogP contribution >= 0.6 is 0 Å². The Hall–Kier alpha value is -2.48. The van der Waals surface area contributed by atoms with E-state index >= 15 is 0 Å². The van der Waals surface area contributed by atoms with Crippen LogP contribution in [0.25, 0.3) is 0 Å². The molecule has 0 bridgehead atoms. The van der Waals surface area contributed by atoms with Gasteiger partial charge in [-0.05, 0) is 24.6 Å². The maximum atomic E-state index is 13.5. The lowest BCUT2D eigenvalue weighted by atomic mass is 10.2. The number of amides is 1. The Kier molecular flexibility index (Phi) is 4.98. The highest BCUT2D eigenvalue weighted by atomic mass is 32.2. The molecule has 6 nitrogen and oxygen atoms in total. The summed E-state index contributed by atoms with van der Waals surface area (Å²) in [4.78, 5) is 16.1. The van der Waals surface area contributed by atoms with E-state index in [1.165, 1.54) is 12.3 Å². The van der Waals surface area contributed by atoms with Crippen molar-refractivity contribution in [2.45, 2.75) is 19.0 Å². The average molecular weight is 363 g/mol. The number of benzene rings is 1. The Bertz CT molecular complexity index is 869. The first-order valence-corrected chi connectivity index (χ1v) is 9.70. The molecule has 132 valence electrons. The normalized spacial score (nSPS) is 18.7. The molecule has 1 saturated heterocycles. The highest BCUT2D eigenvalue weighted by Crippen LogP contribution is 2.17. The summed E-state index contributed by atoms with van der Waals surface area (Å²) in [6.45, 7) is 0.0765. The number of sulfone groups is 1. The fourth-order valence-electron chi connectivity index (χ4n) is 2.67. The highest BCUT2D eigenvalue weighted by molar-refractivity contribution is 7.91. The zero-order valence-corrected chi connectivity index (χ0v) is 14.2. The first-order chi connectivity index (χ1) is 11.9. The van der Waals surface area contributed by atoms with Gasteiger partial charge >= 0.3 is 0 Å². The predicted octanol–water partition coefficient (Wildman–Crippen LogP) is 1.75. The van der Waals surface area contributed by atoms with Gasteiger partial charge in [0, 0.05) is 18.2 Å². The standard InChI is InChI=1S/C17H18FN3O3S/c18-15-4-2-1-3-12(15)9-20-17(22)16-6-5-13(10-19-16)21-14-7-8-25(23,24)11-14/h1-6,10,14,21H,7-9,11H2,(H,20,22). The molecule has 0 spiro atoms. The number of rotatable bonds is 5. The van der Waals surface area contributed by atoms with Gasteiger partial charge < -0.3 is 10.6 Å². The first-order valence-electron chi connectivity index (χ1n) is 7.87. The molecule has 25 heavy (non-hydrogen) atoms. The summed E-state index contributed by atoms with van der Waals surface area (Å²) in [6.07, 6.45) is 2.05. The predicted molar refractivity (Wildman–Crippen MR) is 92.5 cm³/mol. The summed E-state index contributed by atoms with van der Waals surface area (Å²) in [7, 11) is -2.95. The van der Waals surface area contributed by atoms with E-state index < -0.39 is 15.7 Å². The van der Waals surface area contributed by atoms with Gasteiger partial charge in [0.15, 0.2) is 9.84 Å². The minimum atomic E-state index is -2.95. The molecule has 3 rings (SSSR count). The lowest BCUT2D eigenvalue weighted by molar-refractivity contribution is 0.0945. The number of carbonyl (C=O) groups is 1. The van der Waals surface area contributed by atoms with Crippen LogP contribution in [0.1, 0.15) is 22.5 Å². The van der Waals surface area contributed by atoms with Gasteiger partial charge in [0.2, 0.25) is 0 Å². The Morgan fingerprint density at radius 1 is 1.24 bits per heavy atom. The Labute approximate surface area is 145 Å². The monoisotopic (exact) mass is 363 g/mol. The molecule has 1 fully saturated rings. The smallest absolute Gasteiger partial charge is 0.270 e. The Morgan fingerprint density at radius 2 is 2.04 bits per heavy atom. The third kappa shape index (κ3) is 4.54. The number of nitrogens with one attached hydrogen (secondary N) is 2. The molecule has 1 unspecified atom stereocenters. The Balaban J connectivity index is 1.56. The second-order valence-electron chi connectivity index (χ2n) is 5.95. The fraction of sp³-hybridized carbons (Fsp3) is 0.294. The molecular formula is C17H18FN3O3S. The summed E-state index contributed by atoms with van der Waals surface area (Å²) < 4.78 is 36.4. The van der Waals surface area contributed by atoms with Crippen molar-refractivity contribution in [3.63, 3.8) is 0 Å². The number of halogens is 1. The van der Waals surface area contributed by atoms with Crippen molar-refractivity contribution in [1.29, 1.82) is 0 Å². The van der Waals surface area contributed by atoms with E-state index in [9.17, 15) is 17.6 Å².